The topological polar surface area (TPSA) is 15.3 Å². The second-order valence-electron chi connectivity index (χ2n) is 5.24. The first-order valence-corrected chi connectivity index (χ1v) is 7.83. The Morgan fingerprint density at radius 2 is 1.90 bits per heavy atom. The van der Waals surface area contributed by atoms with E-state index in [1.54, 1.807) is 0 Å². The average molecular weight is 338 g/mol. The summed E-state index contributed by atoms with van der Waals surface area (Å²) in [7, 11) is 0. The normalized spacial score (nSPS) is 17.4. The Bertz CT molecular complexity index is 420. The molecule has 1 aromatic rings. The second-order valence-corrected chi connectivity index (χ2v) is 6.06. The highest BCUT2D eigenvalue weighted by atomic mass is 35.5. The molecule has 1 heterocycles. The van der Waals surface area contributed by atoms with Gasteiger partial charge in [-0.3, -0.25) is 0 Å². The molecule has 1 N–H and O–H groups in total. The zero-order valence-electron chi connectivity index (χ0n) is 12.0. The first kappa shape index (κ1) is 17.9. The minimum absolute atomic E-state index is 0. The Kier molecular flexibility index (Phi) is 7.46. The van der Waals surface area contributed by atoms with Crippen LogP contribution in [0.4, 0.5) is 5.69 Å². The van der Waals surface area contributed by atoms with Crippen LogP contribution in [0.2, 0.25) is 10.0 Å². The molecule has 1 aromatic carbocycles. The molecule has 20 heavy (non-hydrogen) atoms. The fourth-order valence-electron chi connectivity index (χ4n) is 2.75. The van der Waals surface area contributed by atoms with Gasteiger partial charge in [-0.2, -0.15) is 0 Å². The van der Waals surface area contributed by atoms with E-state index in [4.69, 9.17) is 23.2 Å². The van der Waals surface area contributed by atoms with Crippen molar-refractivity contribution in [3.63, 3.8) is 0 Å². The number of benzene rings is 1. The Morgan fingerprint density at radius 3 is 2.45 bits per heavy atom. The summed E-state index contributed by atoms with van der Waals surface area (Å²) in [6, 6.07) is 7.09. The van der Waals surface area contributed by atoms with Crippen LogP contribution in [0.25, 0.3) is 0 Å². The first-order valence-electron chi connectivity index (χ1n) is 7.07. The van der Waals surface area contributed by atoms with Crippen molar-refractivity contribution >= 4 is 41.3 Å². The van der Waals surface area contributed by atoms with E-state index in [9.17, 15) is 0 Å². The molecule has 114 valence electrons. The van der Waals surface area contributed by atoms with E-state index in [-0.39, 0.29) is 12.4 Å². The summed E-state index contributed by atoms with van der Waals surface area (Å²) in [6.07, 6.45) is 3.50. The highest BCUT2D eigenvalue weighted by Crippen LogP contribution is 2.31. The predicted octanol–water partition coefficient (Wildman–Crippen LogP) is 4.77. The average Bonchev–Trinajstić information content (AvgIpc) is 2.44. The van der Waals surface area contributed by atoms with Crippen LogP contribution in [0.15, 0.2) is 18.2 Å². The molecule has 0 spiro atoms. The molecule has 0 radical (unpaired) electrons. The number of hydrogen-bond acceptors (Lipinski definition) is 2. The van der Waals surface area contributed by atoms with Crippen LogP contribution in [0.5, 0.6) is 0 Å². The van der Waals surface area contributed by atoms with Gasteiger partial charge in [0.15, 0.2) is 0 Å². The van der Waals surface area contributed by atoms with Crippen LogP contribution in [0.1, 0.15) is 33.1 Å². The van der Waals surface area contributed by atoms with Gasteiger partial charge in [-0.1, -0.05) is 30.1 Å². The minimum Gasteiger partial charge on any atom is -0.366 e. The molecule has 1 atom stereocenters. The molecule has 0 saturated carbocycles. The molecule has 5 heteroatoms. The maximum atomic E-state index is 6.17. The number of piperidine rings is 1. The van der Waals surface area contributed by atoms with Gasteiger partial charge in [-0.05, 0) is 57.5 Å². The van der Waals surface area contributed by atoms with E-state index >= 15 is 0 Å². The molecule has 0 bridgehead atoms. The van der Waals surface area contributed by atoms with Crippen LogP contribution in [-0.4, -0.2) is 25.2 Å². The van der Waals surface area contributed by atoms with Gasteiger partial charge in [0.1, 0.15) is 0 Å². The van der Waals surface area contributed by atoms with E-state index in [0.29, 0.717) is 22.1 Å². The molecule has 1 aliphatic rings. The minimum atomic E-state index is 0. The summed E-state index contributed by atoms with van der Waals surface area (Å²) in [5.74, 6) is 0. The van der Waals surface area contributed by atoms with Crippen molar-refractivity contribution in [3.8, 4) is 0 Å². The van der Waals surface area contributed by atoms with E-state index in [1.165, 1.54) is 18.5 Å². The molecular weight excluding hydrogens is 315 g/mol. The molecule has 1 fully saturated rings. The number of halogens is 3. The van der Waals surface area contributed by atoms with Crippen LogP contribution in [-0.2, 0) is 0 Å². The summed E-state index contributed by atoms with van der Waals surface area (Å²) in [4.78, 5) is 2.52. The monoisotopic (exact) mass is 336 g/mol. The molecular formula is C15H23Cl3N2. The third-order valence-corrected chi connectivity index (χ3v) is 4.71. The van der Waals surface area contributed by atoms with Crippen LogP contribution >= 0.6 is 35.6 Å². The van der Waals surface area contributed by atoms with Gasteiger partial charge < -0.3 is 10.2 Å². The summed E-state index contributed by atoms with van der Waals surface area (Å²) < 4.78 is 0. The van der Waals surface area contributed by atoms with Crippen molar-refractivity contribution in [3.05, 3.63) is 28.2 Å². The summed E-state index contributed by atoms with van der Waals surface area (Å²) >= 11 is 12.2. The van der Waals surface area contributed by atoms with Crippen molar-refractivity contribution in [1.82, 2.24) is 5.32 Å². The largest absolute Gasteiger partial charge is 0.366 e. The van der Waals surface area contributed by atoms with Crippen LogP contribution < -0.4 is 10.2 Å². The molecule has 0 aromatic heterocycles. The summed E-state index contributed by atoms with van der Waals surface area (Å²) in [5, 5.41) is 4.69. The zero-order chi connectivity index (χ0) is 13.8. The zero-order valence-corrected chi connectivity index (χ0v) is 14.4. The number of nitrogens with zero attached hydrogens (tertiary/aromatic N) is 1. The molecule has 2 rings (SSSR count). The summed E-state index contributed by atoms with van der Waals surface area (Å²) in [5.41, 5.74) is 1.19. The molecule has 1 saturated heterocycles. The van der Waals surface area contributed by atoms with E-state index in [2.05, 4.69) is 30.1 Å². The number of rotatable bonds is 4. The van der Waals surface area contributed by atoms with Gasteiger partial charge in [0.05, 0.1) is 10.0 Å². The lowest BCUT2D eigenvalue weighted by Gasteiger charge is -2.40. The fourth-order valence-corrected chi connectivity index (χ4v) is 3.04. The van der Waals surface area contributed by atoms with E-state index < -0.39 is 0 Å². The van der Waals surface area contributed by atoms with Crippen molar-refractivity contribution in [1.29, 1.82) is 0 Å². The highest BCUT2D eigenvalue weighted by molar-refractivity contribution is 6.42. The van der Waals surface area contributed by atoms with E-state index in [0.717, 1.165) is 19.5 Å². The predicted molar refractivity (Wildman–Crippen MR) is 91.8 cm³/mol. The molecule has 2 nitrogen and oxygen atoms in total. The van der Waals surface area contributed by atoms with Gasteiger partial charge in [0.2, 0.25) is 0 Å². The van der Waals surface area contributed by atoms with Crippen LogP contribution in [0, 0.1) is 0 Å². The maximum Gasteiger partial charge on any atom is 0.0612 e. The number of anilines is 1. The Hall–Kier alpha value is -0.150. The van der Waals surface area contributed by atoms with Crippen LogP contribution in [0.3, 0.4) is 0 Å². The number of hydrogen-bond donors (Lipinski definition) is 1. The van der Waals surface area contributed by atoms with Gasteiger partial charge in [0.25, 0.3) is 0 Å². The van der Waals surface area contributed by atoms with Crippen molar-refractivity contribution in [2.75, 3.05) is 18.0 Å². The smallest absolute Gasteiger partial charge is 0.0612 e. The van der Waals surface area contributed by atoms with Crippen molar-refractivity contribution in [2.45, 2.75) is 45.2 Å². The van der Waals surface area contributed by atoms with Gasteiger partial charge in [0, 0.05) is 17.8 Å². The highest BCUT2D eigenvalue weighted by Gasteiger charge is 2.25. The lowest BCUT2D eigenvalue weighted by Crippen LogP contribution is -2.47. The molecule has 0 aliphatic carbocycles. The number of nitrogens with one attached hydrogen (secondary N) is 1. The Morgan fingerprint density at radius 1 is 1.25 bits per heavy atom. The third-order valence-electron chi connectivity index (χ3n) is 3.97. The maximum absolute atomic E-state index is 6.17. The first-order chi connectivity index (χ1) is 9.13. The Balaban J connectivity index is 0.00000200. The fraction of sp³-hybridized carbons (Fsp3) is 0.600. The van der Waals surface area contributed by atoms with E-state index in [1.807, 2.05) is 12.1 Å². The molecule has 0 amide bonds. The van der Waals surface area contributed by atoms with Gasteiger partial charge >= 0.3 is 0 Å². The molecule has 1 aliphatic heterocycles. The quantitative estimate of drug-likeness (QED) is 0.851. The van der Waals surface area contributed by atoms with Gasteiger partial charge in [-0.15, -0.1) is 12.4 Å². The second kappa shape index (κ2) is 8.33. The lowest BCUT2D eigenvalue weighted by atomic mass is 10.0. The van der Waals surface area contributed by atoms with Crippen molar-refractivity contribution < 1.29 is 0 Å². The molecule has 1 unspecified atom stereocenters. The Labute approximate surface area is 138 Å². The van der Waals surface area contributed by atoms with Gasteiger partial charge in [-0.25, -0.2) is 0 Å². The standard InChI is InChI=1S/C15H22Cl2N2.ClH/c1-3-11(2)19(12-6-8-18-9-7-12)13-4-5-14(16)15(17)10-13;/h4-5,10-12,18H,3,6-9H2,1-2H3;1H. The van der Waals surface area contributed by atoms with Crippen molar-refractivity contribution in [2.24, 2.45) is 0 Å². The third kappa shape index (κ3) is 4.17. The summed E-state index contributed by atoms with van der Waals surface area (Å²) in [6.45, 7) is 6.71. The lowest BCUT2D eigenvalue weighted by molar-refractivity contribution is 0.403. The SMILES string of the molecule is CCC(C)N(c1ccc(Cl)c(Cl)c1)C1CCNCC1.Cl.